The third-order valence-electron chi connectivity index (χ3n) is 6.56. The number of nitrogens with one attached hydrogen (secondary N) is 3. The number of aliphatic imine (C=N–C) groups is 1. The number of carbonyl (C=O) groups is 1. The van der Waals surface area contributed by atoms with Crippen molar-refractivity contribution in [1.82, 2.24) is 4.90 Å². The van der Waals surface area contributed by atoms with Crippen molar-refractivity contribution in [3.05, 3.63) is 72.3 Å². The Morgan fingerprint density at radius 1 is 1.00 bits per heavy atom. The Morgan fingerprint density at radius 2 is 1.77 bits per heavy atom. The summed E-state index contributed by atoms with van der Waals surface area (Å²) in [5.41, 5.74) is 7.23. The molecule has 2 aliphatic heterocycles. The van der Waals surface area contributed by atoms with E-state index in [1.54, 1.807) is 0 Å². The summed E-state index contributed by atoms with van der Waals surface area (Å²) >= 11 is 0. The van der Waals surface area contributed by atoms with Crippen LogP contribution in [0.25, 0.3) is 11.1 Å². The van der Waals surface area contributed by atoms with E-state index < -0.39 is 0 Å². The molecule has 180 valence electrons. The van der Waals surface area contributed by atoms with Gasteiger partial charge in [0.25, 0.3) is 0 Å². The summed E-state index contributed by atoms with van der Waals surface area (Å²) in [6, 6.07) is 22.7. The molecule has 1 unspecified atom stereocenters. The van der Waals surface area contributed by atoms with Crippen molar-refractivity contribution in [3.8, 4) is 11.1 Å². The molecule has 0 bridgehead atoms. The number of benzene rings is 3. The summed E-state index contributed by atoms with van der Waals surface area (Å²) < 4.78 is 0. The van der Waals surface area contributed by atoms with Crippen molar-refractivity contribution in [3.63, 3.8) is 0 Å². The van der Waals surface area contributed by atoms with Gasteiger partial charge < -0.3 is 25.8 Å². The molecular formula is C28H32N6O. The quantitative estimate of drug-likeness (QED) is 0.489. The number of fused-ring (bicyclic) bond motifs is 1. The maximum absolute atomic E-state index is 11.8. The minimum absolute atomic E-state index is 0.00500. The molecule has 1 atom stereocenters. The molecular weight excluding hydrogens is 436 g/mol. The minimum Gasteiger partial charge on any atom is -0.369 e. The Morgan fingerprint density at radius 3 is 2.54 bits per heavy atom. The van der Waals surface area contributed by atoms with Crippen molar-refractivity contribution in [2.45, 2.75) is 19.6 Å². The lowest BCUT2D eigenvalue weighted by molar-refractivity contribution is -0.115. The average Bonchev–Trinajstić information content (AvgIpc) is 2.89. The lowest BCUT2D eigenvalue weighted by Gasteiger charge is -2.34. The normalized spacial score (nSPS) is 17.4. The molecule has 0 spiro atoms. The van der Waals surface area contributed by atoms with Crippen LogP contribution in [0.15, 0.2) is 71.7 Å². The summed E-state index contributed by atoms with van der Waals surface area (Å²) in [5, 5.41) is 9.99. The Bertz CT molecular complexity index is 1210. The number of piperazine rings is 1. The molecule has 3 N–H and O–H groups in total. The van der Waals surface area contributed by atoms with Crippen LogP contribution < -0.4 is 20.9 Å². The van der Waals surface area contributed by atoms with Gasteiger partial charge in [-0.1, -0.05) is 37.3 Å². The molecule has 0 radical (unpaired) electrons. The average molecular weight is 469 g/mol. The molecule has 5 rings (SSSR count). The smallest absolute Gasteiger partial charge is 0.224 e. The van der Waals surface area contributed by atoms with Crippen molar-refractivity contribution < 1.29 is 4.79 Å². The number of hydrogen-bond donors (Lipinski definition) is 3. The standard InChI is InChI=1S/C28H32N6O/c1-3-26(35)30-23-8-4-6-20(18-23)25-9-5-7-21-19-29-28(32-27(21)25)31-22-10-12-24(13-11-22)34-16-14-33(2)15-17-34/h4-13,18-19,28,31-32H,3,14-17H2,1-2H3,(H,30,35). The van der Waals surface area contributed by atoms with Gasteiger partial charge in [0.15, 0.2) is 6.29 Å². The summed E-state index contributed by atoms with van der Waals surface area (Å²) in [7, 11) is 2.17. The molecule has 1 fully saturated rings. The number of rotatable bonds is 6. The van der Waals surface area contributed by atoms with Crippen LogP contribution in [0.2, 0.25) is 0 Å². The number of hydrogen-bond acceptors (Lipinski definition) is 6. The van der Waals surface area contributed by atoms with Crippen LogP contribution in [-0.2, 0) is 4.79 Å². The van der Waals surface area contributed by atoms with E-state index in [1.165, 1.54) is 5.69 Å². The number of nitrogens with zero attached hydrogens (tertiary/aromatic N) is 3. The van der Waals surface area contributed by atoms with Crippen LogP contribution in [0.3, 0.4) is 0 Å². The summed E-state index contributed by atoms with van der Waals surface area (Å²) in [6.45, 7) is 6.15. The lowest BCUT2D eigenvalue weighted by Crippen LogP contribution is -2.44. The van der Waals surface area contributed by atoms with Crippen LogP contribution >= 0.6 is 0 Å². The van der Waals surface area contributed by atoms with Crippen molar-refractivity contribution in [1.29, 1.82) is 0 Å². The van der Waals surface area contributed by atoms with Gasteiger partial charge in [-0.2, -0.15) is 0 Å². The Hall–Kier alpha value is -3.84. The number of likely N-dealkylation sites (N-methyl/N-ethyl adjacent to an activating group) is 1. The highest BCUT2D eigenvalue weighted by molar-refractivity contribution is 5.97. The number of carbonyl (C=O) groups excluding carboxylic acids is 1. The van der Waals surface area contributed by atoms with Crippen LogP contribution in [-0.4, -0.2) is 56.5 Å². The van der Waals surface area contributed by atoms with E-state index in [0.29, 0.717) is 6.42 Å². The summed E-state index contributed by atoms with van der Waals surface area (Å²) in [4.78, 5) is 21.3. The van der Waals surface area contributed by atoms with E-state index in [0.717, 1.165) is 59.9 Å². The summed E-state index contributed by atoms with van der Waals surface area (Å²) in [5.74, 6) is 0.00500. The van der Waals surface area contributed by atoms with Gasteiger partial charge >= 0.3 is 0 Å². The third-order valence-corrected chi connectivity index (χ3v) is 6.56. The predicted octanol–water partition coefficient (Wildman–Crippen LogP) is 4.69. The minimum atomic E-state index is -0.277. The fourth-order valence-electron chi connectivity index (χ4n) is 4.49. The molecule has 7 heteroatoms. The van der Waals surface area contributed by atoms with Crippen LogP contribution in [0, 0.1) is 0 Å². The first kappa shape index (κ1) is 22.9. The van der Waals surface area contributed by atoms with Gasteiger partial charge in [-0.3, -0.25) is 4.79 Å². The van der Waals surface area contributed by atoms with Gasteiger partial charge in [-0.25, -0.2) is 4.99 Å². The molecule has 0 aromatic heterocycles. The van der Waals surface area contributed by atoms with Gasteiger partial charge in [-0.15, -0.1) is 0 Å². The number of amides is 1. The molecule has 1 amide bonds. The number of para-hydroxylation sites is 1. The van der Waals surface area contributed by atoms with Crippen LogP contribution in [0.1, 0.15) is 18.9 Å². The van der Waals surface area contributed by atoms with E-state index in [4.69, 9.17) is 0 Å². The zero-order chi connectivity index (χ0) is 24.2. The Balaban J connectivity index is 1.31. The highest BCUT2D eigenvalue weighted by Crippen LogP contribution is 2.34. The second kappa shape index (κ2) is 10.2. The predicted molar refractivity (Wildman–Crippen MR) is 146 cm³/mol. The van der Waals surface area contributed by atoms with Gasteiger partial charge in [0.1, 0.15) is 0 Å². The first-order chi connectivity index (χ1) is 17.1. The highest BCUT2D eigenvalue weighted by atomic mass is 16.1. The Kier molecular flexibility index (Phi) is 6.68. The van der Waals surface area contributed by atoms with Crippen LogP contribution in [0.4, 0.5) is 22.7 Å². The largest absolute Gasteiger partial charge is 0.369 e. The van der Waals surface area contributed by atoms with Crippen molar-refractivity contribution in [2.75, 3.05) is 54.1 Å². The second-order valence-corrected chi connectivity index (χ2v) is 9.06. The molecule has 35 heavy (non-hydrogen) atoms. The molecule has 3 aromatic carbocycles. The SMILES string of the molecule is CCC(=O)Nc1cccc(-c2cccc3c2NC(Nc2ccc(N4CCN(C)CC4)cc2)N=C3)c1. The molecule has 1 saturated heterocycles. The second-order valence-electron chi connectivity index (χ2n) is 9.06. The summed E-state index contributed by atoms with van der Waals surface area (Å²) in [6.07, 6.45) is 2.09. The topological polar surface area (TPSA) is 72.0 Å². The maximum Gasteiger partial charge on any atom is 0.224 e. The first-order valence-electron chi connectivity index (χ1n) is 12.2. The van der Waals surface area contributed by atoms with Gasteiger partial charge in [-0.05, 0) is 49.0 Å². The van der Waals surface area contributed by atoms with Gasteiger partial charge in [0.05, 0.1) is 5.69 Å². The molecule has 2 heterocycles. The third kappa shape index (κ3) is 5.30. The lowest BCUT2D eigenvalue weighted by atomic mass is 9.99. The highest BCUT2D eigenvalue weighted by Gasteiger charge is 2.18. The maximum atomic E-state index is 11.8. The monoisotopic (exact) mass is 468 g/mol. The fraction of sp³-hybridized carbons (Fsp3) is 0.286. The first-order valence-corrected chi connectivity index (χ1v) is 12.2. The zero-order valence-electron chi connectivity index (χ0n) is 20.3. The Labute approximate surface area is 206 Å². The molecule has 0 aliphatic carbocycles. The fourth-order valence-corrected chi connectivity index (χ4v) is 4.49. The number of anilines is 4. The molecule has 7 nitrogen and oxygen atoms in total. The van der Waals surface area contributed by atoms with Crippen molar-refractivity contribution in [2.24, 2.45) is 4.99 Å². The van der Waals surface area contributed by atoms with Crippen molar-refractivity contribution >= 4 is 34.9 Å². The molecule has 3 aromatic rings. The van der Waals surface area contributed by atoms with E-state index in [1.807, 2.05) is 37.4 Å². The zero-order valence-corrected chi connectivity index (χ0v) is 20.3. The van der Waals surface area contributed by atoms with Crippen LogP contribution in [0.5, 0.6) is 0 Å². The molecule has 2 aliphatic rings. The van der Waals surface area contributed by atoms with E-state index >= 15 is 0 Å². The van der Waals surface area contributed by atoms with Gasteiger partial charge in [0.2, 0.25) is 5.91 Å². The van der Waals surface area contributed by atoms with Gasteiger partial charge in [0, 0.05) is 67.0 Å². The van der Waals surface area contributed by atoms with E-state index in [-0.39, 0.29) is 12.2 Å². The molecule has 0 saturated carbocycles. The van der Waals surface area contributed by atoms with E-state index in [9.17, 15) is 4.79 Å². The van der Waals surface area contributed by atoms with E-state index in [2.05, 4.69) is 80.3 Å².